The number of nitrogens with one attached hydrogen (secondary N) is 1. The number of rotatable bonds is 8. The van der Waals surface area contributed by atoms with Crippen molar-refractivity contribution in [3.8, 4) is 17.0 Å². The maximum absolute atomic E-state index is 12.4. The zero-order valence-corrected chi connectivity index (χ0v) is 15.6. The summed E-state index contributed by atoms with van der Waals surface area (Å²) >= 11 is 0. The van der Waals surface area contributed by atoms with Crippen LogP contribution >= 0.6 is 0 Å². The van der Waals surface area contributed by atoms with E-state index >= 15 is 0 Å². The SMILES string of the molecule is NC(=O)COc1ccc(S(=O)(=O)NCc2ccc(-c3cccnc3)nc2)cc1. The van der Waals surface area contributed by atoms with Crippen molar-refractivity contribution in [2.75, 3.05) is 6.61 Å². The molecule has 0 saturated heterocycles. The summed E-state index contributed by atoms with van der Waals surface area (Å²) < 4.78 is 32.5. The molecule has 1 amide bonds. The van der Waals surface area contributed by atoms with E-state index in [9.17, 15) is 13.2 Å². The Bertz CT molecular complexity index is 1040. The first-order valence-corrected chi connectivity index (χ1v) is 9.78. The van der Waals surface area contributed by atoms with Gasteiger partial charge in [0.15, 0.2) is 6.61 Å². The second kappa shape index (κ2) is 8.59. The van der Waals surface area contributed by atoms with E-state index in [4.69, 9.17) is 10.5 Å². The first-order chi connectivity index (χ1) is 13.4. The minimum absolute atomic E-state index is 0.0823. The van der Waals surface area contributed by atoms with Gasteiger partial charge in [-0.15, -0.1) is 0 Å². The highest BCUT2D eigenvalue weighted by molar-refractivity contribution is 7.89. The maximum atomic E-state index is 12.4. The molecule has 0 bridgehead atoms. The molecule has 0 radical (unpaired) electrons. The van der Waals surface area contributed by atoms with Gasteiger partial charge in [-0.05, 0) is 48.0 Å². The van der Waals surface area contributed by atoms with Crippen LogP contribution in [0.25, 0.3) is 11.3 Å². The summed E-state index contributed by atoms with van der Waals surface area (Å²) in [7, 11) is -3.70. The topological polar surface area (TPSA) is 124 Å². The molecule has 0 saturated carbocycles. The van der Waals surface area contributed by atoms with Gasteiger partial charge in [0.2, 0.25) is 10.0 Å². The summed E-state index contributed by atoms with van der Waals surface area (Å²) in [5, 5.41) is 0. The Morgan fingerprint density at radius 3 is 2.46 bits per heavy atom. The van der Waals surface area contributed by atoms with Crippen LogP contribution in [0.5, 0.6) is 5.75 Å². The number of primary amides is 1. The molecule has 0 atom stereocenters. The molecule has 0 aliphatic heterocycles. The van der Waals surface area contributed by atoms with Crippen LogP contribution < -0.4 is 15.2 Å². The monoisotopic (exact) mass is 398 g/mol. The van der Waals surface area contributed by atoms with E-state index < -0.39 is 15.9 Å². The first-order valence-electron chi connectivity index (χ1n) is 8.30. The largest absolute Gasteiger partial charge is 0.484 e. The number of nitrogens with zero attached hydrogens (tertiary/aromatic N) is 2. The van der Waals surface area contributed by atoms with Crippen molar-refractivity contribution in [1.82, 2.24) is 14.7 Å². The fourth-order valence-electron chi connectivity index (χ4n) is 2.35. The molecule has 0 aliphatic carbocycles. The summed E-state index contributed by atoms with van der Waals surface area (Å²) in [6, 6.07) is 13.0. The lowest BCUT2D eigenvalue weighted by Gasteiger charge is -2.09. The van der Waals surface area contributed by atoms with E-state index in [1.54, 1.807) is 24.7 Å². The third-order valence-corrected chi connectivity index (χ3v) is 5.18. The smallest absolute Gasteiger partial charge is 0.255 e. The van der Waals surface area contributed by atoms with Crippen LogP contribution in [0.4, 0.5) is 0 Å². The molecule has 3 rings (SSSR count). The molecular formula is C19H18N4O4S. The highest BCUT2D eigenvalue weighted by atomic mass is 32.2. The Balaban J connectivity index is 1.62. The third kappa shape index (κ3) is 5.12. The third-order valence-electron chi connectivity index (χ3n) is 3.76. The Morgan fingerprint density at radius 2 is 1.86 bits per heavy atom. The molecule has 3 aromatic rings. The fraction of sp³-hybridized carbons (Fsp3) is 0.105. The molecule has 144 valence electrons. The summed E-state index contributed by atoms with van der Waals surface area (Å²) in [5.74, 6) is -0.255. The molecule has 3 N–H and O–H groups in total. The Morgan fingerprint density at radius 1 is 1.07 bits per heavy atom. The number of nitrogens with two attached hydrogens (primary N) is 1. The van der Waals surface area contributed by atoms with Gasteiger partial charge in [0, 0.05) is 30.7 Å². The van der Waals surface area contributed by atoms with Gasteiger partial charge >= 0.3 is 0 Å². The fourth-order valence-corrected chi connectivity index (χ4v) is 3.36. The number of amides is 1. The van der Waals surface area contributed by atoms with Gasteiger partial charge in [-0.3, -0.25) is 14.8 Å². The van der Waals surface area contributed by atoms with Gasteiger partial charge < -0.3 is 10.5 Å². The number of hydrogen-bond donors (Lipinski definition) is 2. The predicted octanol–water partition coefficient (Wildman–Crippen LogP) is 1.49. The second-order valence-corrected chi connectivity index (χ2v) is 7.61. The Hall–Kier alpha value is -3.30. The quantitative estimate of drug-likeness (QED) is 0.592. The number of carbonyl (C=O) groups excluding carboxylic acids is 1. The Labute approximate surface area is 162 Å². The van der Waals surface area contributed by atoms with E-state index in [-0.39, 0.29) is 18.0 Å². The van der Waals surface area contributed by atoms with E-state index in [0.717, 1.165) is 16.8 Å². The number of hydrogen-bond acceptors (Lipinski definition) is 6. The summed E-state index contributed by atoms with van der Waals surface area (Å²) in [6.07, 6.45) is 5.01. The van der Waals surface area contributed by atoms with Crippen LogP contribution in [0.15, 0.2) is 72.0 Å². The van der Waals surface area contributed by atoms with Crippen molar-refractivity contribution in [3.05, 3.63) is 72.7 Å². The molecule has 28 heavy (non-hydrogen) atoms. The first kappa shape index (κ1) is 19.5. The minimum atomic E-state index is -3.70. The number of benzene rings is 1. The maximum Gasteiger partial charge on any atom is 0.255 e. The van der Waals surface area contributed by atoms with Gasteiger partial charge in [0.25, 0.3) is 5.91 Å². The average molecular weight is 398 g/mol. The lowest BCUT2D eigenvalue weighted by molar-refractivity contribution is -0.119. The summed E-state index contributed by atoms with van der Waals surface area (Å²) in [6.45, 7) is -0.172. The van der Waals surface area contributed by atoms with Crippen LogP contribution in [0.2, 0.25) is 0 Å². The van der Waals surface area contributed by atoms with Gasteiger partial charge in [0.05, 0.1) is 10.6 Å². The van der Waals surface area contributed by atoms with Crippen LogP contribution in [0, 0.1) is 0 Å². The number of sulfonamides is 1. The van der Waals surface area contributed by atoms with E-state index in [2.05, 4.69) is 14.7 Å². The van der Waals surface area contributed by atoms with Crippen LogP contribution in [-0.4, -0.2) is 30.9 Å². The number of carbonyl (C=O) groups is 1. The summed E-state index contributed by atoms with van der Waals surface area (Å²) in [4.78, 5) is 19.2. The van der Waals surface area contributed by atoms with Crippen molar-refractivity contribution in [2.24, 2.45) is 5.73 Å². The predicted molar refractivity (Wildman–Crippen MR) is 103 cm³/mol. The molecule has 0 spiro atoms. The standard InChI is InChI=1S/C19H18N4O4S/c20-19(24)13-27-16-4-6-17(7-5-16)28(25,26)23-11-14-3-8-18(22-10-14)15-2-1-9-21-12-15/h1-10,12,23H,11,13H2,(H2,20,24). The average Bonchev–Trinajstić information content (AvgIpc) is 2.72. The van der Waals surface area contributed by atoms with Crippen molar-refractivity contribution in [3.63, 3.8) is 0 Å². The molecule has 9 heteroatoms. The number of aromatic nitrogens is 2. The van der Waals surface area contributed by atoms with Crippen molar-refractivity contribution < 1.29 is 17.9 Å². The molecule has 0 fully saturated rings. The molecule has 2 aromatic heterocycles. The van der Waals surface area contributed by atoms with Crippen LogP contribution in [0.1, 0.15) is 5.56 Å². The van der Waals surface area contributed by atoms with Gasteiger partial charge in [-0.25, -0.2) is 13.1 Å². The number of pyridine rings is 2. The molecule has 0 unspecified atom stereocenters. The normalized spacial score (nSPS) is 11.1. The van der Waals surface area contributed by atoms with E-state index in [1.165, 1.54) is 24.3 Å². The molecule has 2 heterocycles. The highest BCUT2D eigenvalue weighted by Gasteiger charge is 2.14. The minimum Gasteiger partial charge on any atom is -0.484 e. The lowest BCUT2D eigenvalue weighted by Crippen LogP contribution is -2.23. The van der Waals surface area contributed by atoms with Crippen LogP contribution in [-0.2, 0) is 21.4 Å². The lowest BCUT2D eigenvalue weighted by atomic mass is 10.1. The molecule has 8 nitrogen and oxygen atoms in total. The van der Waals surface area contributed by atoms with Crippen molar-refractivity contribution in [2.45, 2.75) is 11.4 Å². The zero-order chi connectivity index (χ0) is 20.0. The van der Waals surface area contributed by atoms with Crippen molar-refractivity contribution >= 4 is 15.9 Å². The molecule has 1 aromatic carbocycles. The van der Waals surface area contributed by atoms with Crippen molar-refractivity contribution in [1.29, 1.82) is 0 Å². The van der Waals surface area contributed by atoms with Crippen LogP contribution in [0.3, 0.4) is 0 Å². The van der Waals surface area contributed by atoms with E-state index in [0.29, 0.717) is 5.75 Å². The number of ether oxygens (including phenoxy) is 1. The summed E-state index contributed by atoms with van der Waals surface area (Å²) in [5.41, 5.74) is 7.36. The Kier molecular flexibility index (Phi) is 5.97. The second-order valence-electron chi connectivity index (χ2n) is 5.84. The molecule has 0 aliphatic rings. The van der Waals surface area contributed by atoms with E-state index in [1.807, 2.05) is 18.2 Å². The molecular weight excluding hydrogens is 380 g/mol. The van der Waals surface area contributed by atoms with Gasteiger partial charge in [-0.2, -0.15) is 0 Å². The van der Waals surface area contributed by atoms with Gasteiger partial charge in [-0.1, -0.05) is 6.07 Å². The highest BCUT2D eigenvalue weighted by Crippen LogP contribution is 2.17. The van der Waals surface area contributed by atoms with Gasteiger partial charge in [0.1, 0.15) is 5.75 Å². The zero-order valence-electron chi connectivity index (χ0n) is 14.8.